The molecule has 0 fully saturated rings. The summed E-state index contributed by atoms with van der Waals surface area (Å²) in [7, 11) is 0. The summed E-state index contributed by atoms with van der Waals surface area (Å²) in [5, 5.41) is 3.76. The van der Waals surface area contributed by atoms with Crippen LogP contribution in [0.4, 0.5) is 8.78 Å². The van der Waals surface area contributed by atoms with E-state index in [4.69, 9.17) is 0 Å². The van der Waals surface area contributed by atoms with E-state index in [1.807, 2.05) is 13.8 Å². The number of hydrogen-bond acceptors (Lipinski definition) is 3. The van der Waals surface area contributed by atoms with Gasteiger partial charge in [0.2, 0.25) is 0 Å². The van der Waals surface area contributed by atoms with Gasteiger partial charge in [-0.25, -0.2) is 13.8 Å². The topological polar surface area (TPSA) is 24.9 Å². The highest BCUT2D eigenvalue weighted by Crippen LogP contribution is 2.30. The molecular formula is C13H14F2N2S. The van der Waals surface area contributed by atoms with Crippen molar-refractivity contribution in [2.75, 3.05) is 6.54 Å². The molecule has 0 spiro atoms. The summed E-state index contributed by atoms with van der Waals surface area (Å²) >= 11 is 1.38. The Kier molecular flexibility index (Phi) is 4.04. The van der Waals surface area contributed by atoms with Crippen molar-refractivity contribution < 1.29 is 8.78 Å². The van der Waals surface area contributed by atoms with Gasteiger partial charge in [-0.05, 0) is 31.7 Å². The van der Waals surface area contributed by atoms with Gasteiger partial charge in [0.15, 0.2) is 0 Å². The van der Waals surface area contributed by atoms with Crippen molar-refractivity contribution in [3.8, 4) is 10.6 Å². The number of halogens is 2. The molecule has 0 saturated carbocycles. The highest BCUT2D eigenvalue weighted by atomic mass is 32.1. The molecule has 0 aliphatic carbocycles. The van der Waals surface area contributed by atoms with Gasteiger partial charge >= 0.3 is 0 Å². The number of thiazole rings is 1. The lowest BCUT2D eigenvalue weighted by Gasteiger charge is -2.08. The number of aromatic nitrogens is 1. The lowest BCUT2D eigenvalue weighted by Crippen LogP contribution is -2.16. The molecule has 0 aliphatic rings. The van der Waals surface area contributed by atoms with E-state index in [1.165, 1.54) is 17.4 Å². The Balaban J connectivity index is 2.32. The first-order chi connectivity index (χ1) is 8.61. The van der Waals surface area contributed by atoms with Crippen molar-refractivity contribution in [3.05, 3.63) is 40.9 Å². The first kappa shape index (κ1) is 13.1. The van der Waals surface area contributed by atoms with Crippen LogP contribution in [0.3, 0.4) is 0 Å². The van der Waals surface area contributed by atoms with Gasteiger partial charge < -0.3 is 5.32 Å². The Hall–Kier alpha value is -1.33. The average Bonchev–Trinajstić information content (AvgIpc) is 2.82. The van der Waals surface area contributed by atoms with Crippen LogP contribution in [0.15, 0.2) is 24.4 Å². The van der Waals surface area contributed by atoms with Gasteiger partial charge in [-0.1, -0.05) is 6.92 Å². The van der Waals surface area contributed by atoms with E-state index in [-0.39, 0.29) is 11.6 Å². The second kappa shape index (κ2) is 5.54. The van der Waals surface area contributed by atoms with Crippen LogP contribution < -0.4 is 5.32 Å². The second-order valence-electron chi connectivity index (χ2n) is 3.97. The molecule has 1 atom stereocenters. The molecule has 1 heterocycles. The number of nitrogens with zero attached hydrogens (tertiary/aromatic N) is 1. The smallest absolute Gasteiger partial charge is 0.133 e. The fourth-order valence-electron chi connectivity index (χ4n) is 1.68. The minimum Gasteiger partial charge on any atom is -0.310 e. The highest BCUT2D eigenvalue weighted by molar-refractivity contribution is 7.15. The Morgan fingerprint density at radius 1 is 1.39 bits per heavy atom. The lowest BCUT2D eigenvalue weighted by atomic mass is 10.2. The molecule has 0 amide bonds. The average molecular weight is 268 g/mol. The van der Waals surface area contributed by atoms with Gasteiger partial charge in [-0.3, -0.25) is 0 Å². The third kappa shape index (κ3) is 2.73. The molecular weight excluding hydrogens is 254 g/mol. The maximum atomic E-state index is 13.6. The van der Waals surface area contributed by atoms with Crippen LogP contribution in [0, 0.1) is 11.6 Å². The number of rotatable bonds is 4. The Labute approximate surface area is 109 Å². The second-order valence-corrected chi connectivity index (χ2v) is 5.03. The summed E-state index contributed by atoms with van der Waals surface area (Å²) < 4.78 is 26.7. The van der Waals surface area contributed by atoms with Gasteiger partial charge in [0.25, 0.3) is 0 Å². The molecule has 0 saturated heterocycles. The quantitative estimate of drug-likeness (QED) is 0.913. The van der Waals surface area contributed by atoms with Crippen molar-refractivity contribution in [2.24, 2.45) is 0 Å². The third-order valence-electron chi connectivity index (χ3n) is 2.62. The number of hydrogen-bond donors (Lipinski definition) is 1. The first-order valence-electron chi connectivity index (χ1n) is 5.76. The van der Waals surface area contributed by atoms with E-state index in [0.29, 0.717) is 5.01 Å². The Morgan fingerprint density at radius 3 is 2.89 bits per heavy atom. The van der Waals surface area contributed by atoms with Crippen LogP contribution >= 0.6 is 11.3 Å². The van der Waals surface area contributed by atoms with E-state index >= 15 is 0 Å². The van der Waals surface area contributed by atoms with Crippen molar-refractivity contribution >= 4 is 11.3 Å². The SMILES string of the molecule is CCNC(C)c1cnc(-c2cc(F)ccc2F)s1. The predicted octanol–water partition coefficient (Wildman–Crippen LogP) is 3.76. The molecule has 0 radical (unpaired) electrons. The molecule has 1 unspecified atom stereocenters. The molecule has 0 bridgehead atoms. The summed E-state index contributed by atoms with van der Waals surface area (Å²) in [5.74, 6) is -0.906. The van der Waals surface area contributed by atoms with Crippen LogP contribution in [0.5, 0.6) is 0 Å². The standard InChI is InChI=1S/C13H14F2N2S/c1-3-16-8(2)12-7-17-13(18-12)10-6-9(14)4-5-11(10)15/h4-8,16H,3H2,1-2H3. The minimum atomic E-state index is -0.456. The van der Waals surface area contributed by atoms with Gasteiger partial charge in [0.1, 0.15) is 16.6 Å². The number of benzene rings is 1. The summed E-state index contributed by atoms with van der Waals surface area (Å²) in [6, 6.07) is 3.57. The summed E-state index contributed by atoms with van der Waals surface area (Å²) in [5.41, 5.74) is 0.218. The van der Waals surface area contributed by atoms with Gasteiger partial charge in [-0.2, -0.15) is 0 Å². The van der Waals surface area contributed by atoms with Crippen LogP contribution in [0.2, 0.25) is 0 Å². The fraction of sp³-hybridized carbons (Fsp3) is 0.308. The molecule has 1 aromatic heterocycles. The normalized spacial score (nSPS) is 12.7. The minimum absolute atomic E-state index is 0.165. The van der Waals surface area contributed by atoms with Crippen LogP contribution in [-0.4, -0.2) is 11.5 Å². The molecule has 2 aromatic rings. The van der Waals surface area contributed by atoms with Gasteiger partial charge in [0.05, 0.1) is 0 Å². The summed E-state index contributed by atoms with van der Waals surface area (Å²) in [6.07, 6.45) is 1.71. The van der Waals surface area contributed by atoms with Gasteiger partial charge in [-0.15, -0.1) is 11.3 Å². The van der Waals surface area contributed by atoms with E-state index in [0.717, 1.165) is 23.6 Å². The molecule has 18 heavy (non-hydrogen) atoms. The third-order valence-corrected chi connectivity index (χ3v) is 3.83. The van der Waals surface area contributed by atoms with E-state index < -0.39 is 11.6 Å². The van der Waals surface area contributed by atoms with Crippen molar-refractivity contribution in [2.45, 2.75) is 19.9 Å². The monoisotopic (exact) mass is 268 g/mol. The maximum Gasteiger partial charge on any atom is 0.133 e. The largest absolute Gasteiger partial charge is 0.310 e. The van der Waals surface area contributed by atoms with E-state index in [2.05, 4.69) is 10.3 Å². The molecule has 96 valence electrons. The molecule has 0 aliphatic heterocycles. The molecule has 1 N–H and O–H groups in total. The Bertz CT molecular complexity index is 540. The van der Waals surface area contributed by atoms with Crippen LogP contribution in [0.25, 0.3) is 10.6 Å². The molecule has 1 aromatic carbocycles. The number of nitrogens with one attached hydrogen (secondary N) is 1. The first-order valence-corrected chi connectivity index (χ1v) is 6.58. The highest BCUT2D eigenvalue weighted by Gasteiger charge is 2.13. The summed E-state index contributed by atoms with van der Waals surface area (Å²) in [6.45, 7) is 4.89. The van der Waals surface area contributed by atoms with Gasteiger partial charge in [0, 0.05) is 22.7 Å². The zero-order valence-corrected chi connectivity index (χ0v) is 11.0. The van der Waals surface area contributed by atoms with Crippen LogP contribution in [0.1, 0.15) is 24.8 Å². The molecule has 2 nitrogen and oxygen atoms in total. The summed E-state index contributed by atoms with van der Waals surface area (Å²) in [4.78, 5) is 5.17. The van der Waals surface area contributed by atoms with Crippen molar-refractivity contribution in [1.82, 2.24) is 10.3 Å². The lowest BCUT2D eigenvalue weighted by molar-refractivity contribution is 0.603. The zero-order valence-electron chi connectivity index (χ0n) is 10.2. The fourth-order valence-corrected chi connectivity index (χ4v) is 2.64. The predicted molar refractivity (Wildman–Crippen MR) is 69.6 cm³/mol. The zero-order chi connectivity index (χ0) is 13.1. The van der Waals surface area contributed by atoms with Crippen molar-refractivity contribution in [3.63, 3.8) is 0 Å². The molecule has 2 rings (SSSR count). The Morgan fingerprint density at radius 2 is 2.17 bits per heavy atom. The van der Waals surface area contributed by atoms with Crippen LogP contribution in [-0.2, 0) is 0 Å². The van der Waals surface area contributed by atoms with E-state index in [1.54, 1.807) is 6.20 Å². The maximum absolute atomic E-state index is 13.6. The van der Waals surface area contributed by atoms with Crippen molar-refractivity contribution in [1.29, 1.82) is 0 Å². The molecule has 5 heteroatoms. The van der Waals surface area contributed by atoms with E-state index in [9.17, 15) is 8.78 Å².